The number of carbonyl (C=O) groups excluding carboxylic acids is 2. The lowest BCUT2D eigenvalue weighted by molar-refractivity contribution is -0.146. The number of aryl methyl sites for hydroxylation is 3. The van der Waals surface area contributed by atoms with E-state index in [0.717, 1.165) is 39.0 Å². The quantitative estimate of drug-likeness (QED) is 0.452. The zero-order chi connectivity index (χ0) is 22.8. The zero-order valence-corrected chi connectivity index (χ0v) is 18.6. The first-order valence-corrected chi connectivity index (χ1v) is 10.4. The van der Waals surface area contributed by atoms with Gasteiger partial charge in [0.1, 0.15) is 5.58 Å². The Morgan fingerprint density at radius 1 is 1.03 bits per heavy atom. The molecule has 2 heterocycles. The van der Waals surface area contributed by atoms with E-state index in [1.165, 1.54) is 0 Å². The third-order valence-electron chi connectivity index (χ3n) is 5.34. The number of fused-ring (bicyclic) bond motifs is 1. The Morgan fingerprint density at radius 3 is 2.50 bits per heavy atom. The van der Waals surface area contributed by atoms with Gasteiger partial charge in [0.2, 0.25) is 0 Å². The van der Waals surface area contributed by atoms with E-state index in [-0.39, 0.29) is 13.0 Å². The highest BCUT2D eigenvalue weighted by Crippen LogP contribution is 2.24. The molecule has 1 amide bonds. The molecule has 0 aliphatic heterocycles. The number of rotatable bonds is 6. The molecule has 0 fully saturated rings. The summed E-state index contributed by atoms with van der Waals surface area (Å²) in [7, 11) is 0. The monoisotopic (exact) mass is 431 g/mol. The summed E-state index contributed by atoms with van der Waals surface area (Å²) < 4.78 is 12.5. The third kappa shape index (κ3) is 4.42. The van der Waals surface area contributed by atoms with Crippen LogP contribution in [0, 0.1) is 27.7 Å². The molecule has 0 saturated carbocycles. The number of ether oxygens (including phenoxy) is 1. The number of anilines is 1. The van der Waals surface area contributed by atoms with Crippen LogP contribution in [-0.2, 0) is 20.7 Å². The van der Waals surface area contributed by atoms with Crippen molar-refractivity contribution in [2.45, 2.75) is 34.1 Å². The minimum atomic E-state index is -0.493. The Labute approximate surface area is 186 Å². The highest BCUT2D eigenvalue weighted by Gasteiger charge is 2.17. The minimum Gasteiger partial charge on any atom is -0.464 e. The predicted molar refractivity (Wildman–Crippen MR) is 122 cm³/mol. The van der Waals surface area contributed by atoms with Gasteiger partial charge in [0, 0.05) is 10.9 Å². The first-order chi connectivity index (χ1) is 15.3. The summed E-state index contributed by atoms with van der Waals surface area (Å²) in [6.45, 7) is 7.33. The van der Waals surface area contributed by atoms with Crippen molar-refractivity contribution >= 4 is 28.5 Å². The van der Waals surface area contributed by atoms with Gasteiger partial charge in [-0.1, -0.05) is 29.8 Å². The molecule has 1 N–H and O–H groups in total. The number of hydrogen-bond donors (Lipinski definition) is 1. The van der Waals surface area contributed by atoms with Crippen molar-refractivity contribution in [2.24, 2.45) is 0 Å². The smallest absolute Gasteiger partial charge is 0.310 e. The molecule has 0 saturated heterocycles. The van der Waals surface area contributed by atoms with E-state index in [1.54, 1.807) is 10.9 Å². The van der Waals surface area contributed by atoms with Crippen LogP contribution >= 0.6 is 0 Å². The molecule has 0 spiro atoms. The van der Waals surface area contributed by atoms with Gasteiger partial charge in [-0.3, -0.25) is 9.59 Å². The van der Waals surface area contributed by atoms with Gasteiger partial charge in [0.05, 0.1) is 35.4 Å². The Morgan fingerprint density at radius 2 is 1.75 bits per heavy atom. The van der Waals surface area contributed by atoms with Gasteiger partial charge in [0.15, 0.2) is 6.61 Å². The highest BCUT2D eigenvalue weighted by molar-refractivity contribution is 5.94. The summed E-state index contributed by atoms with van der Waals surface area (Å²) in [6.07, 6.45) is 1.59. The molecule has 32 heavy (non-hydrogen) atoms. The second-order valence-electron chi connectivity index (χ2n) is 7.94. The van der Waals surface area contributed by atoms with Crippen LogP contribution in [0.4, 0.5) is 5.69 Å². The molecule has 0 aliphatic rings. The van der Waals surface area contributed by atoms with E-state index in [2.05, 4.69) is 10.4 Å². The second-order valence-corrected chi connectivity index (χ2v) is 7.94. The topological polar surface area (TPSA) is 86.4 Å². The fraction of sp³-hybridized carbons (Fsp3) is 0.240. The molecule has 0 unspecified atom stereocenters. The maximum Gasteiger partial charge on any atom is 0.310 e. The number of hydrogen-bond acceptors (Lipinski definition) is 5. The van der Waals surface area contributed by atoms with Crippen LogP contribution in [0.3, 0.4) is 0 Å². The Bertz CT molecular complexity index is 1300. The molecule has 0 radical (unpaired) electrons. The molecule has 0 atom stereocenters. The molecule has 0 aliphatic carbocycles. The standard InChI is InChI=1S/C25H25N3O4/c1-15-5-8-20(9-6-15)28-18(4)25(17(3)27-28)26-23(29)14-32-24(30)12-19-13-31-22-11-16(2)7-10-21(19)22/h5-11,13H,12,14H2,1-4H3,(H,26,29). The van der Waals surface area contributed by atoms with Gasteiger partial charge in [-0.15, -0.1) is 0 Å². The van der Waals surface area contributed by atoms with Crippen LogP contribution in [0.25, 0.3) is 16.7 Å². The van der Waals surface area contributed by atoms with Gasteiger partial charge in [-0.25, -0.2) is 4.68 Å². The van der Waals surface area contributed by atoms with Gasteiger partial charge >= 0.3 is 5.97 Å². The lowest BCUT2D eigenvalue weighted by Gasteiger charge is -2.08. The average molecular weight is 431 g/mol. The first kappa shape index (κ1) is 21.4. The predicted octanol–water partition coefficient (Wildman–Crippen LogP) is 4.58. The number of furan rings is 1. The van der Waals surface area contributed by atoms with E-state index in [0.29, 0.717) is 11.4 Å². The lowest BCUT2D eigenvalue weighted by Crippen LogP contribution is -2.22. The molecular formula is C25H25N3O4. The van der Waals surface area contributed by atoms with Crippen LogP contribution in [0.5, 0.6) is 0 Å². The third-order valence-corrected chi connectivity index (χ3v) is 5.34. The van der Waals surface area contributed by atoms with E-state index in [4.69, 9.17) is 9.15 Å². The normalized spacial score (nSPS) is 11.0. The van der Waals surface area contributed by atoms with Crippen molar-refractivity contribution < 1.29 is 18.7 Å². The number of carbonyl (C=O) groups is 2. The fourth-order valence-corrected chi connectivity index (χ4v) is 3.62. The largest absolute Gasteiger partial charge is 0.464 e. The van der Waals surface area contributed by atoms with E-state index in [9.17, 15) is 9.59 Å². The summed E-state index contributed by atoms with van der Waals surface area (Å²) in [5.41, 5.74) is 6.69. The molecule has 4 aromatic rings. The molecular weight excluding hydrogens is 406 g/mol. The van der Waals surface area contributed by atoms with Crippen LogP contribution in [0.1, 0.15) is 28.1 Å². The zero-order valence-electron chi connectivity index (χ0n) is 18.6. The van der Waals surface area contributed by atoms with Crippen molar-refractivity contribution in [1.82, 2.24) is 9.78 Å². The number of nitrogens with zero attached hydrogens (tertiary/aromatic N) is 2. The van der Waals surface area contributed by atoms with Crippen molar-refractivity contribution in [1.29, 1.82) is 0 Å². The Hall–Kier alpha value is -3.87. The fourth-order valence-electron chi connectivity index (χ4n) is 3.62. The van der Waals surface area contributed by atoms with Gasteiger partial charge in [-0.05, 0) is 51.5 Å². The Kier molecular flexibility index (Phi) is 5.81. The summed E-state index contributed by atoms with van der Waals surface area (Å²) >= 11 is 0. The Balaban J connectivity index is 1.37. The van der Waals surface area contributed by atoms with Crippen molar-refractivity contribution in [2.75, 3.05) is 11.9 Å². The van der Waals surface area contributed by atoms with Crippen LogP contribution in [0.2, 0.25) is 0 Å². The molecule has 7 nitrogen and oxygen atoms in total. The second kappa shape index (κ2) is 8.70. The van der Waals surface area contributed by atoms with Gasteiger partial charge in [-0.2, -0.15) is 5.10 Å². The molecule has 2 aromatic carbocycles. The molecule has 164 valence electrons. The van der Waals surface area contributed by atoms with Gasteiger partial charge < -0.3 is 14.5 Å². The first-order valence-electron chi connectivity index (χ1n) is 10.4. The number of aromatic nitrogens is 2. The number of benzene rings is 2. The molecule has 4 rings (SSSR count). The summed E-state index contributed by atoms with van der Waals surface area (Å²) in [5, 5.41) is 8.21. The summed E-state index contributed by atoms with van der Waals surface area (Å²) in [4.78, 5) is 24.7. The van der Waals surface area contributed by atoms with Gasteiger partial charge in [0.25, 0.3) is 5.91 Å². The average Bonchev–Trinajstić information content (AvgIpc) is 3.28. The minimum absolute atomic E-state index is 0.0345. The van der Waals surface area contributed by atoms with Crippen molar-refractivity contribution in [3.8, 4) is 5.69 Å². The molecule has 0 bridgehead atoms. The van der Waals surface area contributed by atoms with E-state index >= 15 is 0 Å². The van der Waals surface area contributed by atoms with Crippen LogP contribution in [0.15, 0.2) is 53.1 Å². The summed E-state index contributed by atoms with van der Waals surface area (Å²) in [6, 6.07) is 13.8. The maximum atomic E-state index is 12.4. The summed E-state index contributed by atoms with van der Waals surface area (Å²) in [5.74, 6) is -0.909. The molecule has 2 aromatic heterocycles. The molecule has 7 heteroatoms. The van der Waals surface area contributed by atoms with Crippen LogP contribution < -0.4 is 5.32 Å². The van der Waals surface area contributed by atoms with Crippen LogP contribution in [-0.4, -0.2) is 28.3 Å². The number of amides is 1. The number of nitrogens with one attached hydrogen (secondary N) is 1. The van der Waals surface area contributed by atoms with Crippen molar-refractivity contribution in [3.63, 3.8) is 0 Å². The SMILES string of the molecule is Cc1ccc(-n2nc(C)c(NC(=O)COC(=O)Cc3coc4cc(C)ccc34)c2C)cc1. The lowest BCUT2D eigenvalue weighted by atomic mass is 10.1. The van der Waals surface area contributed by atoms with E-state index in [1.807, 2.05) is 70.2 Å². The highest BCUT2D eigenvalue weighted by atomic mass is 16.5. The van der Waals surface area contributed by atoms with Crippen molar-refractivity contribution in [3.05, 3.63) is 76.8 Å². The maximum absolute atomic E-state index is 12.4. The number of esters is 1. The van der Waals surface area contributed by atoms with E-state index < -0.39 is 11.9 Å².